The Bertz CT molecular complexity index is 910. The Morgan fingerprint density at radius 3 is 2.57 bits per heavy atom. The maximum atomic E-state index is 14.4. The van der Waals surface area contributed by atoms with E-state index < -0.39 is 22.8 Å². The number of hydrogen-bond donors (Lipinski definition) is 1. The van der Waals surface area contributed by atoms with E-state index in [0.717, 1.165) is 12.5 Å². The highest BCUT2D eigenvalue weighted by atomic mass is 79.9. The standard InChI is InChI=1S/C22H24BrF2NO3S/c1-4-7-19(22(28)29-13(3)5-2)30-20-12-18(17(25)11-16(20)23)26-21(27)14-8-6-9-15(24)10-14/h6,8-13,19H,4-5,7H2,1-3H3,(H,26,27). The van der Waals surface area contributed by atoms with Crippen LogP contribution in [0.2, 0.25) is 0 Å². The summed E-state index contributed by atoms with van der Waals surface area (Å²) in [5, 5.41) is 2.01. The topological polar surface area (TPSA) is 55.4 Å². The SMILES string of the molecule is CCCC(Sc1cc(NC(=O)c2cccc(F)c2)c(F)cc1Br)C(=O)OC(C)CC. The third kappa shape index (κ3) is 6.80. The normalized spacial score (nSPS) is 12.9. The van der Waals surface area contributed by atoms with Crippen molar-refractivity contribution >= 4 is 45.3 Å². The molecule has 0 saturated heterocycles. The highest BCUT2D eigenvalue weighted by Crippen LogP contribution is 2.36. The molecule has 0 aromatic heterocycles. The van der Waals surface area contributed by atoms with Gasteiger partial charge in [-0.1, -0.05) is 26.3 Å². The van der Waals surface area contributed by atoms with Gasteiger partial charge in [0.2, 0.25) is 0 Å². The number of ether oxygens (including phenoxy) is 1. The molecule has 30 heavy (non-hydrogen) atoms. The van der Waals surface area contributed by atoms with Crippen LogP contribution in [-0.4, -0.2) is 23.2 Å². The molecule has 2 aromatic carbocycles. The van der Waals surface area contributed by atoms with E-state index in [1.165, 1.54) is 42.1 Å². The number of halogens is 3. The van der Waals surface area contributed by atoms with E-state index in [0.29, 0.717) is 22.2 Å². The lowest BCUT2D eigenvalue weighted by atomic mass is 10.2. The molecule has 162 valence electrons. The van der Waals surface area contributed by atoms with Crippen LogP contribution in [-0.2, 0) is 9.53 Å². The van der Waals surface area contributed by atoms with Crippen molar-refractivity contribution in [2.24, 2.45) is 0 Å². The van der Waals surface area contributed by atoms with E-state index in [-0.39, 0.29) is 23.3 Å². The average Bonchev–Trinajstić information content (AvgIpc) is 2.70. The van der Waals surface area contributed by atoms with E-state index in [1.807, 2.05) is 20.8 Å². The molecule has 2 unspecified atom stereocenters. The van der Waals surface area contributed by atoms with Crippen LogP contribution < -0.4 is 5.32 Å². The van der Waals surface area contributed by atoms with Gasteiger partial charge in [0.25, 0.3) is 5.91 Å². The fourth-order valence-corrected chi connectivity index (χ4v) is 4.30. The second kappa shape index (κ2) is 11.5. The molecule has 8 heteroatoms. The minimum Gasteiger partial charge on any atom is -0.462 e. The van der Waals surface area contributed by atoms with Crippen molar-refractivity contribution in [3.8, 4) is 0 Å². The van der Waals surface area contributed by atoms with E-state index in [1.54, 1.807) is 0 Å². The van der Waals surface area contributed by atoms with Crippen molar-refractivity contribution < 1.29 is 23.1 Å². The molecule has 0 fully saturated rings. The third-order valence-corrected chi connectivity index (χ3v) is 6.55. The number of amides is 1. The van der Waals surface area contributed by atoms with Crippen molar-refractivity contribution in [3.05, 3.63) is 58.1 Å². The Kier molecular flexibility index (Phi) is 9.30. The zero-order valence-electron chi connectivity index (χ0n) is 17.0. The van der Waals surface area contributed by atoms with Gasteiger partial charge in [0.1, 0.15) is 16.9 Å². The first-order valence-electron chi connectivity index (χ1n) is 9.68. The van der Waals surface area contributed by atoms with Gasteiger partial charge in [-0.25, -0.2) is 8.78 Å². The monoisotopic (exact) mass is 499 g/mol. The Labute approximate surface area is 187 Å². The summed E-state index contributed by atoms with van der Waals surface area (Å²) in [6, 6.07) is 7.82. The molecular formula is C22H24BrF2NO3S. The second-order valence-corrected chi connectivity index (χ2v) is 8.88. The van der Waals surface area contributed by atoms with Gasteiger partial charge < -0.3 is 10.1 Å². The molecule has 2 rings (SSSR count). The van der Waals surface area contributed by atoms with Crippen molar-refractivity contribution in [1.29, 1.82) is 0 Å². The van der Waals surface area contributed by atoms with Gasteiger partial charge in [-0.2, -0.15) is 0 Å². The first-order chi connectivity index (χ1) is 14.2. The number of rotatable bonds is 9. The van der Waals surface area contributed by atoms with Crippen LogP contribution in [0.5, 0.6) is 0 Å². The fraction of sp³-hybridized carbons (Fsp3) is 0.364. The zero-order chi connectivity index (χ0) is 22.3. The molecule has 0 heterocycles. The quantitative estimate of drug-likeness (QED) is 0.312. The van der Waals surface area contributed by atoms with Crippen LogP contribution in [0.3, 0.4) is 0 Å². The zero-order valence-corrected chi connectivity index (χ0v) is 19.4. The van der Waals surface area contributed by atoms with Gasteiger partial charge in [-0.3, -0.25) is 9.59 Å². The molecule has 0 aliphatic carbocycles. The summed E-state index contributed by atoms with van der Waals surface area (Å²) in [5.41, 5.74) is 0.0213. The predicted octanol–water partition coefficient (Wildman–Crippen LogP) is 6.58. The third-order valence-electron chi connectivity index (χ3n) is 4.33. The minimum atomic E-state index is -0.648. The summed E-state index contributed by atoms with van der Waals surface area (Å²) in [5.74, 6) is -2.16. The van der Waals surface area contributed by atoms with E-state index in [2.05, 4.69) is 21.2 Å². The lowest BCUT2D eigenvalue weighted by Crippen LogP contribution is -2.24. The minimum absolute atomic E-state index is 0.0551. The molecule has 0 bridgehead atoms. The van der Waals surface area contributed by atoms with E-state index in [4.69, 9.17) is 4.74 Å². The number of esters is 1. The molecule has 1 amide bonds. The maximum Gasteiger partial charge on any atom is 0.319 e. The lowest BCUT2D eigenvalue weighted by Gasteiger charge is -2.19. The molecule has 2 aromatic rings. The summed E-state index contributed by atoms with van der Waals surface area (Å²) in [6.45, 7) is 5.73. The molecule has 0 spiro atoms. The van der Waals surface area contributed by atoms with Gasteiger partial charge in [0.15, 0.2) is 0 Å². The van der Waals surface area contributed by atoms with Crippen LogP contribution in [0.25, 0.3) is 0 Å². The number of thioether (sulfide) groups is 1. The summed E-state index contributed by atoms with van der Waals surface area (Å²) in [7, 11) is 0. The average molecular weight is 500 g/mol. The van der Waals surface area contributed by atoms with Gasteiger partial charge >= 0.3 is 5.97 Å². The predicted molar refractivity (Wildman–Crippen MR) is 119 cm³/mol. The van der Waals surface area contributed by atoms with Crippen LogP contribution in [0.4, 0.5) is 14.5 Å². The number of carbonyl (C=O) groups is 2. The summed E-state index contributed by atoms with van der Waals surface area (Å²) < 4.78 is 33.7. The first kappa shape index (κ1) is 24.3. The fourth-order valence-electron chi connectivity index (χ4n) is 2.54. The highest BCUT2D eigenvalue weighted by molar-refractivity contribution is 9.10. The molecule has 4 nitrogen and oxygen atoms in total. The molecule has 0 aliphatic heterocycles. The Balaban J connectivity index is 2.23. The second-order valence-electron chi connectivity index (χ2n) is 6.78. The number of anilines is 1. The molecular weight excluding hydrogens is 476 g/mol. The van der Waals surface area contributed by atoms with E-state index in [9.17, 15) is 18.4 Å². The largest absolute Gasteiger partial charge is 0.462 e. The molecule has 0 saturated carbocycles. The van der Waals surface area contributed by atoms with Crippen molar-refractivity contribution in [2.75, 3.05) is 5.32 Å². The number of hydrogen-bond acceptors (Lipinski definition) is 4. The van der Waals surface area contributed by atoms with Gasteiger partial charge in [0, 0.05) is 14.9 Å². The number of benzene rings is 2. The molecule has 0 aliphatic rings. The van der Waals surface area contributed by atoms with Crippen LogP contribution >= 0.6 is 27.7 Å². The number of carbonyl (C=O) groups excluding carboxylic acids is 2. The molecule has 1 N–H and O–H groups in total. The van der Waals surface area contributed by atoms with Crippen molar-refractivity contribution in [3.63, 3.8) is 0 Å². The lowest BCUT2D eigenvalue weighted by molar-refractivity contribution is -0.147. The van der Waals surface area contributed by atoms with Crippen molar-refractivity contribution in [1.82, 2.24) is 0 Å². The van der Waals surface area contributed by atoms with Gasteiger partial charge in [0.05, 0.1) is 11.8 Å². The maximum absolute atomic E-state index is 14.4. The highest BCUT2D eigenvalue weighted by Gasteiger charge is 2.24. The van der Waals surface area contributed by atoms with Crippen LogP contribution in [0.1, 0.15) is 50.4 Å². The smallest absolute Gasteiger partial charge is 0.319 e. The summed E-state index contributed by atoms with van der Waals surface area (Å²) >= 11 is 4.57. The summed E-state index contributed by atoms with van der Waals surface area (Å²) in [6.07, 6.45) is 1.89. The molecule has 2 atom stereocenters. The van der Waals surface area contributed by atoms with Crippen molar-refractivity contribution in [2.45, 2.75) is 56.3 Å². The molecule has 0 radical (unpaired) electrons. The Hall–Kier alpha value is -1.93. The van der Waals surface area contributed by atoms with Gasteiger partial charge in [-0.15, -0.1) is 11.8 Å². The Morgan fingerprint density at radius 2 is 1.93 bits per heavy atom. The number of nitrogens with one attached hydrogen (secondary N) is 1. The van der Waals surface area contributed by atoms with Crippen LogP contribution in [0.15, 0.2) is 45.8 Å². The van der Waals surface area contributed by atoms with E-state index >= 15 is 0 Å². The first-order valence-corrected chi connectivity index (χ1v) is 11.4. The van der Waals surface area contributed by atoms with Crippen LogP contribution in [0, 0.1) is 11.6 Å². The summed E-state index contributed by atoms with van der Waals surface area (Å²) in [4.78, 5) is 25.5. The Morgan fingerprint density at radius 1 is 1.20 bits per heavy atom. The van der Waals surface area contributed by atoms with Gasteiger partial charge in [-0.05, 0) is 66.0 Å².